The fourth-order valence-electron chi connectivity index (χ4n) is 2.93. The molecule has 2 rings (SSSR count). The van der Waals surface area contributed by atoms with Gasteiger partial charge in [0.1, 0.15) is 5.75 Å². The van der Waals surface area contributed by atoms with E-state index in [0.29, 0.717) is 12.1 Å². The molecule has 3 nitrogen and oxygen atoms in total. The van der Waals surface area contributed by atoms with Crippen molar-refractivity contribution in [1.82, 2.24) is 10.2 Å². The van der Waals surface area contributed by atoms with Crippen LogP contribution in [0.2, 0.25) is 0 Å². The lowest BCUT2D eigenvalue weighted by Crippen LogP contribution is -2.39. The van der Waals surface area contributed by atoms with E-state index >= 15 is 0 Å². The first-order valence-electron chi connectivity index (χ1n) is 7.83. The van der Waals surface area contributed by atoms with Gasteiger partial charge in [0.2, 0.25) is 0 Å². The zero-order valence-electron chi connectivity index (χ0n) is 13.1. The fraction of sp³-hybridized carbons (Fsp3) is 0.647. The van der Waals surface area contributed by atoms with E-state index in [4.69, 9.17) is 4.74 Å². The molecule has 1 saturated heterocycles. The zero-order chi connectivity index (χ0) is 14.4. The summed E-state index contributed by atoms with van der Waals surface area (Å²) >= 11 is 0. The average Bonchev–Trinajstić information content (AvgIpc) is 2.63. The minimum atomic E-state index is 0.642. The lowest BCUT2D eigenvalue weighted by molar-refractivity contribution is 0.193. The molecule has 1 heterocycles. The molecule has 3 heteroatoms. The van der Waals surface area contributed by atoms with Crippen molar-refractivity contribution in [3.63, 3.8) is 0 Å². The zero-order valence-corrected chi connectivity index (χ0v) is 13.1. The topological polar surface area (TPSA) is 24.5 Å². The number of benzene rings is 1. The number of hydrogen-bond donors (Lipinski definition) is 1. The number of methoxy groups -OCH3 is 1. The molecule has 0 aromatic heterocycles. The lowest BCUT2D eigenvalue weighted by Gasteiger charge is -2.29. The van der Waals surface area contributed by atoms with E-state index in [2.05, 4.69) is 48.3 Å². The predicted octanol–water partition coefficient (Wildman–Crippen LogP) is 3.05. The molecule has 0 amide bonds. The third-order valence-electron chi connectivity index (χ3n) is 4.26. The molecule has 0 saturated carbocycles. The maximum Gasteiger partial charge on any atom is 0.118 e. The molecule has 1 aliphatic rings. The first-order chi connectivity index (χ1) is 9.72. The van der Waals surface area contributed by atoms with Gasteiger partial charge in [-0.15, -0.1) is 0 Å². The fourth-order valence-corrected chi connectivity index (χ4v) is 2.93. The highest BCUT2D eigenvalue weighted by Crippen LogP contribution is 2.17. The molecule has 1 aliphatic heterocycles. The van der Waals surface area contributed by atoms with Crippen LogP contribution < -0.4 is 10.1 Å². The van der Waals surface area contributed by atoms with Gasteiger partial charge in [0.25, 0.3) is 0 Å². The summed E-state index contributed by atoms with van der Waals surface area (Å²) in [7, 11) is 1.72. The van der Waals surface area contributed by atoms with Crippen molar-refractivity contribution < 1.29 is 4.74 Å². The van der Waals surface area contributed by atoms with Gasteiger partial charge in [-0.3, -0.25) is 4.90 Å². The summed E-state index contributed by atoms with van der Waals surface area (Å²) in [5.74, 6) is 0.934. The first kappa shape index (κ1) is 15.3. The molecular formula is C17H28N2O. The minimum Gasteiger partial charge on any atom is -0.497 e. The Morgan fingerprint density at radius 1 is 1.30 bits per heavy atom. The van der Waals surface area contributed by atoms with E-state index in [1.54, 1.807) is 7.11 Å². The van der Waals surface area contributed by atoms with E-state index in [0.717, 1.165) is 25.4 Å². The van der Waals surface area contributed by atoms with Gasteiger partial charge < -0.3 is 10.1 Å². The van der Waals surface area contributed by atoms with Crippen molar-refractivity contribution in [3.05, 3.63) is 29.8 Å². The second-order valence-corrected chi connectivity index (χ2v) is 5.85. The molecular weight excluding hydrogens is 248 g/mol. The van der Waals surface area contributed by atoms with Gasteiger partial charge in [-0.1, -0.05) is 25.5 Å². The minimum absolute atomic E-state index is 0.642. The third kappa shape index (κ3) is 4.22. The smallest absolute Gasteiger partial charge is 0.118 e. The number of rotatable bonds is 5. The summed E-state index contributed by atoms with van der Waals surface area (Å²) in [6, 6.07) is 9.76. The molecule has 2 unspecified atom stereocenters. The predicted molar refractivity (Wildman–Crippen MR) is 84.2 cm³/mol. The van der Waals surface area contributed by atoms with Crippen molar-refractivity contribution in [2.45, 2.75) is 51.7 Å². The van der Waals surface area contributed by atoms with Crippen LogP contribution in [-0.2, 0) is 6.54 Å². The van der Waals surface area contributed by atoms with Crippen LogP contribution in [0.5, 0.6) is 5.75 Å². The van der Waals surface area contributed by atoms with E-state index in [1.807, 2.05) is 0 Å². The Balaban J connectivity index is 1.99. The maximum atomic E-state index is 5.23. The molecule has 0 bridgehead atoms. The Kier molecular flexibility index (Phi) is 5.86. The van der Waals surface area contributed by atoms with Crippen LogP contribution in [0.3, 0.4) is 0 Å². The molecule has 112 valence electrons. The van der Waals surface area contributed by atoms with E-state index in [9.17, 15) is 0 Å². The Hall–Kier alpha value is -1.06. The summed E-state index contributed by atoms with van der Waals surface area (Å²) in [6.07, 6.45) is 3.75. The van der Waals surface area contributed by atoms with Gasteiger partial charge in [-0.2, -0.15) is 0 Å². The summed E-state index contributed by atoms with van der Waals surface area (Å²) in [5, 5.41) is 3.69. The average molecular weight is 276 g/mol. The molecule has 1 fully saturated rings. The normalized spacial score (nSPS) is 24.4. The van der Waals surface area contributed by atoms with E-state index in [-0.39, 0.29) is 0 Å². The van der Waals surface area contributed by atoms with Crippen LogP contribution in [0, 0.1) is 0 Å². The molecule has 20 heavy (non-hydrogen) atoms. The van der Waals surface area contributed by atoms with Crippen molar-refractivity contribution in [2.75, 3.05) is 20.2 Å². The molecule has 1 aromatic rings. The largest absolute Gasteiger partial charge is 0.497 e. The van der Waals surface area contributed by atoms with Gasteiger partial charge >= 0.3 is 0 Å². The van der Waals surface area contributed by atoms with Crippen LogP contribution >= 0.6 is 0 Å². The van der Waals surface area contributed by atoms with Crippen LogP contribution in [-0.4, -0.2) is 37.2 Å². The van der Waals surface area contributed by atoms with Crippen LogP contribution in [0.25, 0.3) is 0 Å². The van der Waals surface area contributed by atoms with Crippen molar-refractivity contribution in [3.8, 4) is 5.75 Å². The van der Waals surface area contributed by atoms with Gasteiger partial charge in [0.05, 0.1) is 7.11 Å². The Morgan fingerprint density at radius 2 is 2.05 bits per heavy atom. The highest BCUT2D eigenvalue weighted by molar-refractivity contribution is 5.27. The summed E-state index contributed by atoms with van der Waals surface area (Å²) in [5.41, 5.74) is 1.37. The van der Waals surface area contributed by atoms with Gasteiger partial charge in [-0.25, -0.2) is 0 Å². The summed E-state index contributed by atoms with van der Waals surface area (Å²) in [4.78, 5) is 2.61. The van der Waals surface area contributed by atoms with Crippen molar-refractivity contribution in [2.24, 2.45) is 0 Å². The molecule has 1 N–H and O–H groups in total. The van der Waals surface area contributed by atoms with Crippen LogP contribution in [0.15, 0.2) is 24.3 Å². The van der Waals surface area contributed by atoms with E-state index < -0.39 is 0 Å². The second-order valence-electron chi connectivity index (χ2n) is 5.85. The van der Waals surface area contributed by atoms with Crippen LogP contribution in [0.4, 0.5) is 0 Å². The Bertz CT molecular complexity index is 390. The van der Waals surface area contributed by atoms with Gasteiger partial charge in [0, 0.05) is 25.2 Å². The van der Waals surface area contributed by atoms with E-state index in [1.165, 1.54) is 24.8 Å². The van der Waals surface area contributed by atoms with Gasteiger partial charge in [0.15, 0.2) is 0 Å². The number of nitrogens with zero attached hydrogens (tertiary/aromatic N) is 1. The highest BCUT2D eigenvalue weighted by atomic mass is 16.5. The molecule has 1 aromatic carbocycles. The number of nitrogens with one attached hydrogen (secondary N) is 1. The van der Waals surface area contributed by atoms with Crippen molar-refractivity contribution >= 4 is 0 Å². The van der Waals surface area contributed by atoms with Crippen molar-refractivity contribution in [1.29, 1.82) is 0 Å². The first-order valence-corrected chi connectivity index (χ1v) is 7.83. The highest BCUT2D eigenvalue weighted by Gasteiger charge is 2.22. The quantitative estimate of drug-likeness (QED) is 0.894. The third-order valence-corrected chi connectivity index (χ3v) is 4.26. The van der Waals surface area contributed by atoms with Gasteiger partial charge in [-0.05, 0) is 44.0 Å². The molecule has 0 aliphatic carbocycles. The summed E-state index contributed by atoms with van der Waals surface area (Å²) < 4.78 is 5.23. The Morgan fingerprint density at radius 3 is 2.70 bits per heavy atom. The number of ether oxygens (including phenoxy) is 1. The molecule has 2 atom stereocenters. The number of hydrogen-bond acceptors (Lipinski definition) is 3. The monoisotopic (exact) mass is 276 g/mol. The standard InChI is InChI=1S/C17H28N2O/c1-4-5-16-13-19(14(2)10-11-18-16)12-15-6-8-17(20-3)9-7-15/h6-9,14,16,18H,4-5,10-13H2,1-3H3. The SMILES string of the molecule is CCCC1CN(Cc2ccc(OC)cc2)C(C)CCN1. The Labute approximate surface area is 123 Å². The molecule has 0 radical (unpaired) electrons. The second kappa shape index (κ2) is 7.65. The molecule has 0 spiro atoms. The van der Waals surface area contributed by atoms with Crippen LogP contribution in [0.1, 0.15) is 38.7 Å². The lowest BCUT2D eigenvalue weighted by atomic mass is 10.1. The maximum absolute atomic E-state index is 5.23. The summed E-state index contributed by atoms with van der Waals surface area (Å²) in [6.45, 7) is 7.95.